The second-order valence-corrected chi connectivity index (χ2v) is 5.72. The highest BCUT2D eigenvalue weighted by Gasteiger charge is 2.30. The molecule has 4 rings (SSSR count). The van der Waals surface area contributed by atoms with E-state index in [4.69, 9.17) is 0 Å². The number of cyclic esters (lactones) is 4. The Morgan fingerprint density at radius 1 is 0.600 bits per heavy atom. The number of hydrogen-bond acceptors (Lipinski definition) is 7. The second kappa shape index (κ2) is 5.64. The summed E-state index contributed by atoms with van der Waals surface area (Å²) in [5.74, 6) is -2.52. The van der Waals surface area contributed by atoms with Crippen molar-refractivity contribution in [2.24, 2.45) is 0 Å². The summed E-state index contributed by atoms with van der Waals surface area (Å²) < 4.78 is 9.10. The molecule has 0 bridgehead atoms. The molecule has 0 aliphatic carbocycles. The number of fused-ring (bicyclic) bond motifs is 2. The van der Waals surface area contributed by atoms with E-state index in [0.29, 0.717) is 13.1 Å². The van der Waals surface area contributed by atoms with Crippen LogP contribution in [0.15, 0.2) is 36.4 Å². The third kappa shape index (κ3) is 2.60. The highest BCUT2D eigenvalue weighted by molar-refractivity contribution is 6.15. The Kier molecular flexibility index (Phi) is 3.43. The largest absolute Gasteiger partial charge is 0.386 e. The fraction of sp³-hybridized carbons (Fsp3) is 0.111. The van der Waals surface area contributed by atoms with Gasteiger partial charge in [-0.3, -0.25) is 0 Å². The molecular formula is C18H11NO6. The van der Waals surface area contributed by atoms with Gasteiger partial charge in [-0.1, -0.05) is 12.1 Å². The standard InChI is InChI=1S/C18H11NO6/c20-15-11-3-1-9(5-13(11)17(22)24-15)7-19-8-10-2-4-12-14(6-10)18(23)25-16(12)21/h1-6,19H,7-8H2. The summed E-state index contributed by atoms with van der Waals surface area (Å²) in [5.41, 5.74) is 2.72. The minimum atomic E-state index is -0.636. The Labute approximate surface area is 141 Å². The predicted molar refractivity (Wildman–Crippen MR) is 82.9 cm³/mol. The Hall–Kier alpha value is -3.32. The molecule has 0 radical (unpaired) electrons. The average Bonchev–Trinajstić information content (AvgIpc) is 3.04. The number of nitrogens with one attached hydrogen (secondary N) is 1. The van der Waals surface area contributed by atoms with Crippen molar-refractivity contribution in [1.82, 2.24) is 5.32 Å². The van der Waals surface area contributed by atoms with Crippen LogP contribution in [0.3, 0.4) is 0 Å². The minimum absolute atomic E-state index is 0.267. The number of esters is 4. The molecule has 2 aliphatic heterocycles. The van der Waals surface area contributed by atoms with Gasteiger partial charge in [0.1, 0.15) is 0 Å². The number of carbonyl (C=O) groups excluding carboxylic acids is 4. The summed E-state index contributed by atoms with van der Waals surface area (Å²) in [4.78, 5) is 45.9. The zero-order valence-corrected chi connectivity index (χ0v) is 12.8. The van der Waals surface area contributed by atoms with E-state index in [1.807, 2.05) is 0 Å². The summed E-state index contributed by atoms with van der Waals surface area (Å²) >= 11 is 0. The van der Waals surface area contributed by atoms with Gasteiger partial charge in [-0.2, -0.15) is 0 Å². The van der Waals surface area contributed by atoms with E-state index in [-0.39, 0.29) is 22.3 Å². The number of carbonyl (C=O) groups is 4. The average molecular weight is 337 g/mol. The lowest BCUT2D eigenvalue weighted by Crippen LogP contribution is -2.13. The number of hydrogen-bond donors (Lipinski definition) is 1. The normalized spacial score (nSPS) is 15.0. The van der Waals surface area contributed by atoms with Crippen molar-refractivity contribution in [3.05, 3.63) is 69.8 Å². The summed E-state index contributed by atoms with van der Waals surface area (Å²) in [7, 11) is 0. The van der Waals surface area contributed by atoms with Crippen LogP contribution in [-0.2, 0) is 22.6 Å². The zero-order chi connectivity index (χ0) is 17.6. The molecule has 0 atom stereocenters. The summed E-state index contributed by atoms with van der Waals surface area (Å²) in [6.07, 6.45) is 0. The van der Waals surface area contributed by atoms with E-state index in [2.05, 4.69) is 14.8 Å². The lowest BCUT2D eigenvalue weighted by Gasteiger charge is -2.06. The van der Waals surface area contributed by atoms with E-state index in [1.165, 1.54) is 0 Å². The number of rotatable bonds is 4. The molecule has 0 unspecified atom stereocenters. The molecule has 0 saturated heterocycles. The molecule has 7 nitrogen and oxygen atoms in total. The topological polar surface area (TPSA) is 98.8 Å². The van der Waals surface area contributed by atoms with Gasteiger partial charge in [-0.25, -0.2) is 19.2 Å². The molecule has 0 saturated carbocycles. The van der Waals surface area contributed by atoms with Crippen LogP contribution in [0, 0.1) is 0 Å². The molecule has 2 aromatic carbocycles. The lowest BCUT2D eigenvalue weighted by atomic mass is 10.0. The molecule has 0 aromatic heterocycles. The highest BCUT2D eigenvalue weighted by Crippen LogP contribution is 2.22. The van der Waals surface area contributed by atoms with Gasteiger partial charge in [0.25, 0.3) is 0 Å². The van der Waals surface area contributed by atoms with Crippen LogP contribution in [0.1, 0.15) is 52.6 Å². The molecule has 0 amide bonds. The van der Waals surface area contributed by atoms with E-state index < -0.39 is 23.9 Å². The quantitative estimate of drug-likeness (QED) is 0.668. The first-order chi connectivity index (χ1) is 12.0. The second-order valence-electron chi connectivity index (χ2n) is 5.72. The van der Waals surface area contributed by atoms with Crippen LogP contribution < -0.4 is 5.32 Å². The van der Waals surface area contributed by atoms with Crippen molar-refractivity contribution in [3.63, 3.8) is 0 Å². The van der Waals surface area contributed by atoms with Crippen molar-refractivity contribution in [1.29, 1.82) is 0 Å². The van der Waals surface area contributed by atoms with Gasteiger partial charge in [0.15, 0.2) is 0 Å². The molecule has 2 aliphatic rings. The van der Waals surface area contributed by atoms with Gasteiger partial charge < -0.3 is 14.8 Å². The van der Waals surface area contributed by atoms with Gasteiger partial charge >= 0.3 is 23.9 Å². The molecular weight excluding hydrogens is 326 g/mol. The smallest absolute Gasteiger partial charge is 0.346 e. The van der Waals surface area contributed by atoms with E-state index in [9.17, 15) is 19.2 Å². The minimum Gasteiger partial charge on any atom is -0.386 e. The van der Waals surface area contributed by atoms with E-state index in [0.717, 1.165) is 11.1 Å². The molecule has 1 N–H and O–H groups in total. The Morgan fingerprint density at radius 2 is 1.00 bits per heavy atom. The first kappa shape index (κ1) is 15.2. The Balaban J connectivity index is 1.44. The number of benzene rings is 2. The fourth-order valence-corrected chi connectivity index (χ4v) is 2.84. The molecule has 2 heterocycles. The van der Waals surface area contributed by atoms with Gasteiger partial charge in [0, 0.05) is 13.1 Å². The van der Waals surface area contributed by atoms with Gasteiger partial charge in [0.2, 0.25) is 0 Å². The van der Waals surface area contributed by atoms with Crippen LogP contribution in [-0.4, -0.2) is 23.9 Å². The van der Waals surface area contributed by atoms with Gasteiger partial charge in [-0.05, 0) is 35.4 Å². The maximum atomic E-state index is 11.6. The third-order valence-electron chi connectivity index (χ3n) is 4.08. The van der Waals surface area contributed by atoms with Crippen molar-refractivity contribution in [2.75, 3.05) is 0 Å². The first-order valence-corrected chi connectivity index (χ1v) is 7.52. The van der Waals surface area contributed by atoms with Crippen molar-refractivity contribution in [3.8, 4) is 0 Å². The van der Waals surface area contributed by atoms with Crippen LogP contribution in [0.4, 0.5) is 0 Å². The van der Waals surface area contributed by atoms with Crippen LogP contribution in [0.2, 0.25) is 0 Å². The Bertz CT molecular complexity index is 885. The highest BCUT2D eigenvalue weighted by atomic mass is 16.6. The first-order valence-electron chi connectivity index (χ1n) is 7.52. The molecule has 124 valence electrons. The van der Waals surface area contributed by atoms with Crippen LogP contribution in [0.25, 0.3) is 0 Å². The monoisotopic (exact) mass is 337 g/mol. The zero-order valence-electron chi connectivity index (χ0n) is 12.8. The van der Waals surface area contributed by atoms with Gasteiger partial charge in [0.05, 0.1) is 22.3 Å². The lowest BCUT2D eigenvalue weighted by molar-refractivity contribution is 0.0425. The number of ether oxygens (including phenoxy) is 2. The van der Waals surface area contributed by atoms with Crippen LogP contribution >= 0.6 is 0 Å². The fourth-order valence-electron chi connectivity index (χ4n) is 2.84. The maximum absolute atomic E-state index is 11.6. The molecule has 7 heteroatoms. The van der Waals surface area contributed by atoms with Crippen molar-refractivity contribution >= 4 is 23.9 Å². The molecule has 25 heavy (non-hydrogen) atoms. The van der Waals surface area contributed by atoms with E-state index >= 15 is 0 Å². The summed E-state index contributed by atoms with van der Waals surface area (Å²) in [6, 6.07) is 9.85. The van der Waals surface area contributed by atoms with Crippen LogP contribution in [0.5, 0.6) is 0 Å². The van der Waals surface area contributed by atoms with E-state index in [1.54, 1.807) is 36.4 Å². The van der Waals surface area contributed by atoms with Crippen molar-refractivity contribution in [2.45, 2.75) is 13.1 Å². The summed E-state index contributed by atoms with van der Waals surface area (Å²) in [6.45, 7) is 0.907. The Morgan fingerprint density at radius 3 is 1.44 bits per heavy atom. The predicted octanol–water partition coefficient (Wildman–Crippen LogP) is 1.60. The maximum Gasteiger partial charge on any atom is 0.346 e. The third-order valence-corrected chi connectivity index (χ3v) is 4.08. The SMILES string of the molecule is O=C1OC(=O)c2cc(CNCc3ccc4c(c3)C(=O)OC4=O)ccc21. The molecule has 0 spiro atoms. The van der Waals surface area contributed by atoms with Gasteiger partial charge in [-0.15, -0.1) is 0 Å². The molecule has 0 fully saturated rings. The van der Waals surface area contributed by atoms with Crippen molar-refractivity contribution < 1.29 is 28.7 Å². The summed E-state index contributed by atoms with van der Waals surface area (Å²) in [5, 5.41) is 3.18. The molecule has 2 aromatic rings.